The van der Waals surface area contributed by atoms with Crippen LogP contribution in [0.15, 0.2) is 32.5 Å². The topological polar surface area (TPSA) is 67.3 Å². The molecule has 1 aliphatic rings. The Bertz CT molecular complexity index is 731. The number of ether oxygens (including phenoxy) is 1. The fourth-order valence-corrected chi connectivity index (χ4v) is 2.68. The number of hydrogen-bond donors (Lipinski definition) is 1. The van der Waals surface area contributed by atoms with E-state index in [1.165, 1.54) is 16.9 Å². The van der Waals surface area contributed by atoms with Gasteiger partial charge < -0.3 is 14.7 Å². The molecule has 6 nitrogen and oxygen atoms in total. The van der Waals surface area contributed by atoms with Gasteiger partial charge in [-0.1, -0.05) is 0 Å². The Morgan fingerprint density at radius 1 is 1.26 bits per heavy atom. The number of rotatable bonds is 1. The highest BCUT2D eigenvalue weighted by molar-refractivity contribution is 9.10. The van der Waals surface area contributed by atoms with Crippen LogP contribution in [0, 0.1) is 0 Å². The largest absolute Gasteiger partial charge is 0.378 e. The van der Waals surface area contributed by atoms with Crippen LogP contribution < -0.4 is 16.0 Å². The Morgan fingerprint density at radius 3 is 2.74 bits per heavy atom. The van der Waals surface area contributed by atoms with E-state index in [9.17, 15) is 9.59 Å². The van der Waals surface area contributed by atoms with E-state index in [4.69, 9.17) is 4.74 Å². The van der Waals surface area contributed by atoms with Crippen molar-refractivity contribution in [2.75, 3.05) is 31.3 Å². The summed E-state index contributed by atoms with van der Waals surface area (Å²) in [6.45, 7) is 2.41. The van der Waals surface area contributed by atoms with Gasteiger partial charge in [0.05, 0.1) is 37.2 Å². The Hall–Kier alpha value is -1.60. The maximum Gasteiger partial charge on any atom is 0.285 e. The summed E-state index contributed by atoms with van der Waals surface area (Å²) < 4.78 is 7.13. The number of aromatic nitrogens is 2. The highest BCUT2D eigenvalue weighted by Gasteiger charge is 2.16. The van der Waals surface area contributed by atoms with Crippen molar-refractivity contribution >= 4 is 26.8 Å². The molecule has 1 aliphatic heterocycles. The van der Waals surface area contributed by atoms with Gasteiger partial charge in [0.25, 0.3) is 5.56 Å². The first-order chi connectivity index (χ1) is 9.18. The molecule has 19 heavy (non-hydrogen) atoms. The van der Waals surface area contributed by atoms with E-state index in [2.05, 4.69) is 20.9 Å². The fourth-order valence-electron chi connectivity index (χ4n) is 2.17. The predicted molar refractivity (Wildman–Crippen MR) is 75.3 cm³/mol. The molecule has 0 radical (unpaired) electrons. The lowest BCUT2D eigenvalue weighted by molar-refractivity contribution is 0.110. The van der Waals surface area contributed by atoms with Gasteiger partial charge >= 0.3 is 0 Å². The van der Waals surface area contributed by atoms with Crippen LogP contribution in [-0.2, 0) is 4.74 Å². The number of H-pyrrole nitrogens is 1. The quantitative estimate of drug-likeness (QED) is 0.825. The van der Waals surface area contributed by atoms with E-state index in [0.29, 0.717) is 41.7 Å². The molecular weight excluding hydrogens is 314 g/mol. The van der Waals surface area contributed by atoms with Gasteiger partial charge in [-0.05, 0) is 15.9 Å². The van der Waals surface area contributed by atoms with Crippen LogP contribution in [0.4, 0.5) is 0 Å². The van der Waals surface area contributed by atoms with Crippen molar-refractivity contribution in [3.8, 4) is 0 Å². The van der Waals surface area contributed by atoms with Gasteiger partial charge in [-0.3, -0.25) is 9.59 Å². The van der Waals surface area contributed by atoms with E-state index >= 15 is 0 Å². The third kappa shape index (κ3) is 2.08. The van der Waals surface area contributed by atoms with Crippen molar-refractivity contribution in [3.63, 3.8) is 0 Å². The molecule has 3 heterocycles. The maximum atomic E-state index is 12.3. The van der Waals surface area contributed by atoms with Gasteiger partial charge in [0.2, 0.25) is 0 Å². The summed E-state index contributed by atoms with van der Waals surface area (Å²) in [6, 6.07) is 1.45. The highest BCUT2D eigenvalue weighted by atomic mass is 79.9. The van der Waals surface area contributed by atoms with Crippen molar-refractivity contribution in [1.82, 2.24) is 9.66 Å². The molecule has 100 valence electrons. The molecule has 2 aromatic rings. The number of morpholine rings is 1. The molecule has 1 fully saturated rings. The summed E-state index contributed by atoms with van der Waals surface area (Å²) in [7, 11) is 0. The molecular formula is C12H12BrN3O3. The minimum atomic E-state index is -0.184. The monoisotopic (exact) mass is 325 g/mol. The second-order valence-electron chi connectivity index (χ2n) is 4.29. The van der Waals surface area contributed by atoms with E-state index in [0.717, 1.165) is 0 Å². The Balaban J connectivity index is 2.25. The number of pyridine rings is 2. The van der Waals surface area contributed by atoms with Crippen molar-refractivity contribution in [1.29, 1.82) is 0 Å². The second-order valence-corrected chi connectivity index (χ2v) is 5.08. The number of halogens is 1. The van der Waals surface area contributed by atoms with Crippen molar-refractivity contribution in [2.45, 2.75) is 0 Å². The van der Waals surface area contributed by atoms with Crippen LogP contribution in [0.3, 0.4) is 0 Å². The van der Waals surface area contributed by atoms with Gasteiger partial charge in [-0.25, -0.2) is 4.68 Å². The summed E-state index contributed by atoms with van der Waals surface area (Å²) in [5.74, 6) is 0. The number of nitrogens with one attached hydrogen (secondary N) is 1. The number of nitrogens with zero attached hydrogens (tertiary/aromatic N) is 2. The zero-order chi connectivity index (χ0) is 13.4. The number of fused-ring (bicyclic) bond motifs is 1. The molecule has 0 unspecified atom stereocenters. The van der Waals surface area contributed by atoms with Crippen LogP contribution >= 0.6 is 15.9 Å². The van der Waals surface area contributed by atoms with Crippen LogP contribution in [0.25, 0.3) is 10.9 Å². The molecule has 0 aliphatic carbocycles. The lowest BCUT2D eigenvalue weighted by Crippen LogP contribution is -2.48. The molecule has 7 heteroatoms. The first-order valence-electron chi connectivity index (χ1n) is 5.94. The van der Waals surface area contributed by atoms with Crippen LogP contribution in [0.5, 0.6) is 0 Å². The van der Waals surface area contributed by atoms with Gasteiger partial charge in [-0.2, -0.15) is 0 Å². The molecule has 0 aromatic carbocycles. The highest BCUT2D eigenvalue weighted by Crippen LogP contribution is 2.15. The molecule has 0 amide bonds. The fraction of sp³-hybridized carbons (Fsp3) is 0.333. The van der Waals surface area contributed by atoms with Crippen LogP contribution in [0.2, 0.25) is 0 Å². The minimum absolute atomic E-state index is 0.114. The Morgan fingerprint density at radius 2 is 2.00 bits per heavy atom. The summed E-state index contributed by atoms with van der Waals surface area (Å²) in [5, 5.41) is 2.36. The van der Waals surface area contributed by atoms with E-state index in [1.807, 2.05) is 5.01 Å². The zero-order valence-corrected chi connectivity index (χ0v) is 11.6. The molecule has 1 saturated heterocycles. The van der Waals surface area contributed by atoms with Crippen molar-refractivity contribution in [3.05, 3.63) is 43.5 Å². The van der Waals surface area contributed by atoms with E-state index < -0.39 is 0 Å². The molecule has 0 bridgehead atoms. The standard InChI is InChI=1S/C12H12BrN3O3/c13-10-11-8(9(17)1-2-14-11)7-16(12(10)18)15-3-5-19-6-4-15/h1-2,7,14H,3-6H2. The molecule has 0 spiro atoms. The first-order valence-corrected chi connectivity index (χ1v) is 6.73. The lowest BCUT2D eigenvalue weighted by atomic mass is 10.2. The van der Waals surface area contributed by atoms with Gasteiger partial charge in [0, 0.05) is 18.5 Å². The van der Waals surface area contributed by atoms with Gasteiger partial charge in [-0.15, -0.1) is 0 Å². The molecule has 0 saturated carbocycles. The zero-order valence-electron chi connectivity index (χ0n) is 10.1. The third-order valence-electron chi connectivity index (χ3n) is 3.16. The summed E-state index contributed by atoms with van der Waals surface area (Å²) >= 11 is 3.27. The normalized spacial score (nSPS) is 15.9. The predicted octanol–water partition coefficient (Wildman–Crippen LogP) is 0.420. The lowest BCUT2D eigenvalue weighted by Gasteiger charge is -2.30. The third-order valence-corrected chi connectivity index (χ3v) is 3.89. The Kier molecular flexibility index (Phi) is 3.16. The minimum Gasteiger partial charge on any atom is -0.378 e. The van der Waals surface area contributed by atoms with E-state index in [-0.39, 0.29) is 11.0 Å². The molecule has 1 N–H and O–H groups in total. The second kappa shape index (κ2) is 4.82. The molecule has 3 rings (SSSR count). The average Bonchev–Trinajstić information content (AvgIpc) is 2.44. The molecule has 2 aromatic heterocycles. The van der Waals surface area contributed by atoms with Crippen LogP contribution in [0.1, 0.15) is 0 Å². The summed E-state index contributed by atoms with van der Waals surface area (Å²) in [5.41, 5.74) is 0.231. The van der Waals surface area contributed by atoms with Gasteiger partial charge in [0.1, 0.15) is 4.47 Å². The smallest absolute Gasteiger partial charge is 0.285 e. The Labute approximate surface area is 116 Å². The summed E-state index contributed by atoms with van der Waals surface area (Å²) in [4.78, 5) is 27.1. The van der Waals surface area contributed by atoms with Crippen molar-refractivity contribution < 1.29 is 4.74 Å². The maximum absolute atomic E-state index is 12.3. The summed E-state index contributed by atoms with van der Waals surface area (Å²) in [6.07, 6.45) is 3.13. The van der Waals surface area contributed by atoms with Gasteiger partial charge in [0.15, 0.2) is 5.43 Å². The number of aromatic amines is 1. The van der Waals surface area contributed by atoms with Crippen LogP contribution in [-0.4, -0.2) is 36.0 Å². The SMILES string of the molecule is O=c1cc[nH]c2c(Br)c(=O)n(N3CCOCC3)cc12. The first kappa shape index (κ1) is 12.4. The average molecular weight is 326 g/mol. The van der Waals surface area contributed by atoms with Crippen molar-refractivity contribution in [2.24, 2.45) is 0 Å². The number of hydrogen-bond acceptors (Lipinski definition) is 4. The van der Waals surface area contributed by atoms with E-state index in [1.54, 1.807) is 6.20 Å². The molecule has 0 atom stereocenters.